The lowest BCUT2D eigenvalue weighted by Crippen LogP contribution is -2.34. The third-order valence-electron chi connectivity index (χ3n) is 6.18. The smallest absolute Gasteiger partial charge is 0.217 e. The van der Waals surface area contributed by atoms with Crippen molar-refractivity contribution in [2.24, 2.45) is 11.5 Å². The molecule has 230 valence electrons. The molecule has 10 heteroatoms. The number of amides is 4. The summed E-state index contributed by atoms with van der Waals surface area (Å²) in [5.74, 6) is 1.00. The monoisotopic (exact) mass is 598 g/mol. The Hall–Kier alpha value is -1.94. The van der Waals surface area contributed by atoms with Crippen molar-refractivity contribution in [2.75, 3.05) is 11.5 Å². The standard InChI is InChI=1S/C30H54N4O4S2/c1-25(35)33-27(19-15-11-7-3-5-9-13-17-21-29(31)37)23-39-40-24-28(34-26(2)36)20-16-12-8-4-6-10-14-18-22-30(32)38/h15-16,19-20,27-28H,3-14,17-18,21-24H2,1-2H3,(H2,31,37)(H2,32,38)(H,33,35)(H,34,36)/b19-15+,20-16+/t27-,28?/m1/s1. The third kappa shape index (κ3) is 29.1. The highest BCUT2D eigenvalue weighted by molar-refractivity contribution is 8.76. The van der Waals surface area contributed by atoms with Gasteiger partial charge in [-0.05, 0) is 38.5 Å². The highest BCUT2D eigenvalue weighted by Gasteiger charge is 2.10. The molecule has 0 aliphatic carbocycles. The Bertz CT molecular complexity index is 700. The highest BCUT2D eigenvalue weighted by atomic mass is 33.1. The molecule has 0 radical (unpaired) electrons. The second-order valence-electron chi connectivity index (χ2n) is 10.3. The molecule has 0 rings (SSSR count). The average Bonchev–Trinajstić information content (AvgIpc) is 2.87. The van der Waals surface area contributed by atoms with Crippen LogP contribution >= 0.6 is 21.6 Å². The molecule has 2 atom stereocenters. The van der Waals surface area contributed by atoms with Gasteiger partial charge in [-0.1, -0.05) is 97.3 Å². The lowest BCUT2D eigenvalue weighted by atomic mass is 10.1. The molecule has 6 N–H and O–H groups in total. The lowest BCUT2D eigenvalue weighted by molar-refractivity contribution is -0.120. The Labute approximate surface area is 250 Å². The summed E-state index contributed by atoms with van der Waals surface area (Å²) >= 11 is 0. The number of hydrogen-bond donors (Lipinski definition) is 4. The van der Waals surface area contributed by atoms with Crippen LogP contribution in [-0.4, -0.2) is 47.2 Å². The first-order valence-electron chi connectivity index (χ1n) is 14.9. The molecule has 0 heterocycles. The van der Waals surface area contributed by atoms with Crippen LogP contribution in [0.5, 0.6) is 0 Å². The minimum atomic E-state index is -0.218. The van der Waals surface area contributed by atoms with E-state index in [1.807, 2.05) is 0 Å². The van der Waals surface area contributed by atoms with Gasteiger partial charge >= 0.3 is 0 Å². The minimum Gasteiger partial charge on any atom is -0.370 e. The second-order valence-corrected chi connectivity index (χ2v) is 12.8. The van der Waals surface area contributed by atoms with Gasteiger partial charge in [-0.25, -0.2) is 0 Å². The van der Waals surface area contributed by atoms with E-state index < -0.39 is 0 Å². The van der Waals surface area contributed by atoms with Crippen molar-refractivity contribution in [3.05, 3.63) is 24.3 Å². The van der Waals surface area contributed by atoms with Gasteiger partial charge in [-0.3, -0.25) is 19.2 Å². The van der Waals surface area contributed by atoms with Crippen molar-refractivity contribution >= 4 is 45.2 Å². The fourth-order valence-electron chi connectivity index (χ4n) is 4.11. The zero-order valence-corrected chi connectivity index (χ0v) is 26.4. The fraction of sp³-hybridized carbons (Fsp3) is 0.733. The summed E-state index contributed by atoms with van der Waals surface area (Å²) in [6, 6.07) is -0.0382. The van der Waals surface area contributed by atoms with E-state index in [1.54, 1.807) is 35.4 Å². The number of carbonyl (C=O) groups excluding carboxylic acids is 4. The van der Waals surface area contributed by atoms with Gasteiger partial charge in [-0.15, -0.1) is 0 Å². The fourth-order valence-corrected chi connectivity index (χ4v) is 6.45. The molecular formula is C30H54N4O4S2. The van der Waals surface area contributed by atoms with E-state index in [-0.39, 0.29) is 35.7 Å². The second kappa shape index (κ2) is 27.2. The van der Waals surface area contributed by atoms with Crippen LogP contribution in [0, 0.1) is 0 Å². The zero-order valence-electron chi connectivity index (χ0n) is 24.8. The van der Waals surface area contributed by atoms with E-state index in [2.05, 4.69) is 34.9 Å². The molecule has 0 aromatic rings. The van der Waals surface area contributed by atoms with Crippen LogP contribution in [0.3, 0.4) is 0 Å². The van der Waals surface area contributed by atoms with Crippen LogP contribution in [0.25, 0.3) is 0 Å². The molecule has 1 unspecified atom stereocenters. The van der Waals surface area contributed by atoms with Gasteiger partial charge < -0.3 is 22.1 Å². The number of nitrogens with two attached hydrogens (primary N) is 2. The summed E-state index contributed by atoms with van der Waals surface area (Å²) in [4.78, 5) is 44.8. The molecule has 0 saturated carbocycles. The van der Waals surface area contributed by atoms with Crippen LogP contribution in [0.2, 0.25) is 0 Å². The Morgan fingerprint density at radius 2 is 0.900 bits per heavy atom. The van der Waals surface area contributed by atoms with E-state index in [4.69, 9.17) is 11.5 Å². The molecule has 4 amide bonds. The van der Waals surface area contributed by atoms with E-state index in [0.29, 0.717) is 12.8 Å². The summed E-state index contributed by atoms with van der Waals surface area (Å²) in [6.07, 6.45) is 24.4. The largest absolute Gasteiger partial charge is 0.370 e. The van der Waals surface area contributed by atoms with Crippen LogP contribution in [0.4, 0.5) is 0 Å². The maximum absolute atomic E-state index is 11.6. The van der Waals surface area contributed by atoms with Gasteiger partial charge in [0.2, 0.25) is 23.6 Å². The van der Waals surface area contributed by atoms with Crippen LogP contribution in [0.15, 0.2) is 24.3 Å². The van der Waals surface area contributed by atoms with E-state index in [9.17, 15) is 19.2 Å². The Kier molecular flexibility index (Phi) is 25.9. The van der Waals surface area contributed by atoms with Gasteiger partial charge in [-0.2, -0.15) is 0 Å². The molecule has 0 fully saturated rings. The zero-order chi connectivity index (χ0) is 29.8. The van der Waals surface area contributed by atoms with Crippen molar-refractivity contribution in [1.82, 2.24) is 10.6 Å². The molecule has 0 aliphatic rings. The van der Waals surface area contributed by atoms with Gasteiger partial charge in [0, 0.05) is 38.2 Å². The van der Waals surface area contributed by atoms with E-state index in [1.165, 1.54) is 0 Å². The van der Waals surface area contributed by atoms with Gasteiger partial charge in [0.25, 0.3) is 0 Å². The molecule has 8 nitrogen and oxygen atoms in total. The minimum absolute atomic E-state index is 0.0191. The number of hydrogen-bond acceptors (Lipinski definition) is 6. The summed E-state index contributed by atoms with van der Waals surface area (Å²) in [6.45, 7) is 3.08. The van der Waals surface area contributed by atoms with Crippen LogP contribution in [0.1, 0.15) is 117 Å². The summed E-state index contributed by atoms with van der Waals surface area (Å²) < 4.78 is 0. The number of carbonyl (C=O) groups is 4. The van der Waals surface area contributed by atoms with E-state index in [0.717, 1.165) is 101 Å². The van der Waals surface area contributed by atoms with Gasteiger partial charge in [0.05, 0.1) is 12.1 Å². The van der Waals surface area contributed by atoms with Crippen LogP contribution in [-0.2, 0) is 19.2 Å². The van der Waals surface area contributed by atoms with Crippen molar-refractivity contribution in [1.29, 1.82) is 0 Å². The topological polar surface area (TPSA) is 144 Å². The molecule has 0 bridgehead atoms. The molecule has 0 saturated heterocycles. The SMILES string of the molecule is CC(=O)NC(/C=C/CCCCCCCCC(N)=O)CSSC[C@@H](/C=C/CCCCCCCCC(N)=O)NC(C)=O. The lowest BCUT2D eigenvalue weighted by Gasteiger charge is -2.16. The maximum atomic E-state index is 11.6. The molecule has 0 aliphatic heterocycles. The third-order valence-corrected chi connectivity index (χ3v) is 8.65. The molecule has 40 heavy (non-hydrogen) atoms. The molecular weight excluding hydrogens is 544 g/mol. The van der Waals surface area contributed by atoms with Crippen molar-refractivity contribution in [2.45, 2.75) is 129 Å². The Morgan fingerprint density at radius 1 is 0.575 bits per heavy atom. The summed E-state index contributed by atoms with van der Waals surface area (Å²) in [5.41, 5.74) is 10.3. The number of unbranched alkanes of at least 4 members (excludes halogenated alkanes) is 12. The highest BCUT2D eigenvalue weighted by Crippen LogP contribution is 2.24. The van der Waals surface area contributed by atoms with E-state index >= 15 is 0 Å². The number of primary amides is 2. The van der Waals surface area contributed by atoms with Crippen molar-refractivity contribution in [3.8, 4) is 0 Å². The molecule has 0 aromatic heterocycles. The average molecular weight is 599 g/mol. The van der Waals surface area contributed by atoms with Gasteiger partial charge in [0.15, 0.2) is 0 Å². The number of rotatable bonds is 27. The Balaban J connectivity index is 4.19. The first-order valence-corrected chi connectivity index (χ1v) is 17.4. The summed E-state index contributed by atoms with van der Waals surface area (Å²) in [5, 5.41) is 6.01. The first kappa shape index (κ1) is 38.1. The van der Waals surface area contributed by atoms with Crippen LogP contribution < -0.4 is 22.1 Å². The first-order chi connectivity index (χ1) is 19.2. The molecule has 0 aromatic carbocycles. The van der Waals surface area contributed by atoms with Gasteiger partial charge in [0.1, 0.15) is 0 Å². The summed E-state index contributed by atoms with van der Waals surface area (Å²) in [7, 11) is 3.40. The normalized spacial score (nSPS) is 12.9. The number of nitrogens with one attached hydrogen (secondary N) is 2. The number of allylic oxidation sites excluding steroid dienone is 2. The Morgan fingerprint density at radius 3 is 1.23 bits per heavy atom. The van der Waals surface area contributed by atoms with Crippen molar-refractivity contribution in [3.63, 3.8) is 0 Å². The predicted molar refractivity (Wildman–Crippen MR) is 171 cm³/mol. The predicted octanol–water partition coefficient (Wildman–Crippen LogP) is 5.70. The maximum Gasteiger partial charge on any atom is 0.217 e. The van der Waals surface area contributed by atoms with Crippen molar-refractivity contribution < 1.29 is 19.2 Å². The molecule has 0 spiro atoms. The quantitative estimate of drug-likeness (QED) is 0.0542.